The summed E-state index contributed by atoms with van der Waals surface area (Å²) in [4.78, 5) is 0. The molecule has 2 nitrogen and oxygen atoms in total. The molecule has 0 saturated heterocycles. The van der Waals surface area contributed by atoms with E-state index in [0.29, 0.717) is 18.6 Å². The summed E-state index contributed by atoms with van der Waals surface area (Å²) in [5, 5.41) is 0. The van der Waals surface area contributed by atoms with E-state index in [1.807, 2.05) is 24.3 Å². The number of benzene rings is 1. The molecule has 0 aromatic heterocycles. The topological polar surface area (TPSA) is 35.2 Å². The molecule has 0 aliphatic heterocycles. The molecule has 0 fully saturated rings. The fourth-order valence-corrected chi connectivity index (χ4v) is 1.58. The van der Waals surface area contributed by atoms with Crippen molar-refractivity contribution in [2.75, 3.05) is 5.73 Å². The van der Waals surface area contributed by atoms with Gasteiger partial charge in [0, 0.05) is 5.69 Å². The van der Waals surface area contributed by atoms with Crippen molar-refractivity contribution in [3.8, 4) is 0 Å². The Morgan fingerprint density at radius 2 is 1.73 bits per heavy atom. The summed E-state index contributed by atoms with van der Waals surface area (Å²) in [6.45, 7) is 7.22. The van der Waals surface area contributed by atoms with Gasteiger partial charge in [-0.1, -0.05) is 26.0 Å². The van der Waals surface area contributed by atoms with E-state index in [9.17, 15) is 0 Å². The molecular formula is C13H21NO. The molecule has 1 atom stereocenters. The van der Waals surface area contributed by atoms with Crippen LogP contribution in [0, 0.1) is 5.92 Å². The van der Waals surface area contributed by atoms with Crippen molar-refractivity contribution >= 4 is 5.69 Å². The van der Waals surface area contributed by atoms with Crippen LogP contribution in [0.25, 0.3) is 0 Å². The van der Waals surface area contributed by atoms with Gasteiger partial charge in [-0.15, -0.1) is 0 Å². The van der Waals surface area contributed by atoms with E-state index in [4.69, 9.17) is 10.5 Å². The van der Waals surface area contributed by atoms with Gasteiger partial charge >= 0.3 is 0 Å². The Bertz CT molecular complexity index is 279. The van der Waals surface area contributed by atoms with Crippen molar-refractivity contribution in [3.63, 3.8) is 0 Å². The second-order valence-corrected chi connectivity index (χ2v) is 4.49. The van der Waals surface area contributed by atoms with Crippen molar-refractivity contribution in [1.82, 2.24) is 0 Å². The van der Waals surface area contributed by atoms with Crippen LogP contribution in [-0.2, 0) is 11.3 Å². The van der Waals surface area contributed by atoms with Gasteiger partial charge in [-0.3, -0.25) is 0 Å². The lowest BCUT2D eigenvalue weighted by molar-refractivity contribution is 0.0397. The van der Waals surface area contributed by atoms with Crippen LogP contribution in [0.2, 0.25) is 0 Å². The quantitative estimate of drug-likeness (QED) is 0.752. The van der Waals surface area contributed by atoms with Gasteiger partial charge in [-0.05, 0) is 37.0 Å². The minimum atomic E-state index is 0.322. The maximum Gasteiger partial charge on any atom is 0.0720 e. The molecule has 0 heterocycles. The highest BCUT2D eigenvalue weighted by molar-refractivity contribution is 5.39. The lowest BCUT2D eigenvalue weighted by Crippen LogP contribution is -2.11. The Labute approximate surface area is 92.4 Å². The van der Waals surface area contributed by atoms with Crippen LogP contribution in [0.4, 0.5) is 5.69 Å². The van der Waals surface area contributed by atoms with Crippen LogP contribution in [0.1, 0.15) is 32.8 Å². The summed E-state index contributed by atoms with van der Waals surface area (Å²) in [6.07, 6.45) is 1.43. The normalized spacial score (nSPS) is 13.1. The lowest BCUT2D eigenvalue weighted by Gasteiger charge is -2.15. The van der Waals surface area contributed by atoms with Crippen molar-refractivity contribution in [3.05, 3.63) is 29.8 Å². The first-order chi connectivity index (χ1) is 7.08. The number of hydrogen-bond acceptors (Lipinski definition) is 2. The van der Waals surface area contributed by atoms with Crippen LogP contribution in [0.5, 0.6) is 0 Å². The predicted molar refractivity (Wildman–Crippen MR) is 64.6 cm³/mol. The van der Waals surface area contributed by atoms with Crippen LogP contribution < -0.4 is 5.73 Å². The van der Waals surface area contributed by atoms with Gasteiger partial charge in [0.1, 0.15) is 0 Å². The fourth-order valence-electron chi connectivity index (χ4n) is 1.58. The standard InChI is InChI=1S/C13H21NO/c1-10(2)8-11(3)15-9-12-4-6-13(14)7-5-12/h4-7,10-11H,8-9,14H2,1-3H3. The molecule has 1 rings (SSSR count). The average Bonchev–Trinajstić information content (AvgIpc) is 2.16. The van der Waals surface area contributed by atoms with Gasteiger partial charge in [0.05, 0.1) is 12.7 Å². The maximum atomic E-state index is 5.74. The van der Waals surface area contributed by atoms with Gasteiger partial charge in [0.25, 0.3) is 0 Å². The summed E-state index contributed by atoms with van der Waals surface area (Å²) in [5.41, 5.74) is 7.59. The van der Waals surface area contributed by atoms with Crippen molar-refractivity contribution in [2.45, 2.75) is 39.9 Å². The summed E-state index contributed by atoms with van der Waals surface area (Å²) >= 11 is 0. The Hall–Kier alpha value is -1.02. The van der Waals surface area contributed by atoms with Gasteiger partial charge in [-0.25, -0.2) is 0 Å². The van der Waals surface area contributed by atoms with Crippen molar-refractivity contribution in [2.24, 2.45) is 5.92 Å². The number of anilines is 1. The zero-order valence-corrected chi connectivity index (χ0v) is 9.86. The van der Waals surface area contributed by atoms with E-state index in [0.717, 1.165) is 12.1 Å². The third kappa shape index (κ3) is 4.84. The van der Waals surface area contributed by atoms with Gasteiger partial charge in [0.2, 0.25) is 0 Å². The Kier molecular flexibility index (Phi) is 4.63. The zero-order valence-electron chi connectivity index (χ0n) is 9.86. The molecule has 0 saturated carbocycles. The smallest absolute Gasteiger partial charge is 0.0720 e. The summed E-state index contributed by atoms with van der Waals surface area (Å²) < 4.78 is 5.74. The monoisotopic (exact) mass is 207 g/mol. The van der Waals surface area contributed by atoms with Crippen LogP contribution in [0.15, 0.2) is 24.3 Å². The molecule has 0 bridgehead atoms. The maximum absolute atomic E-state index is 5.74. The molecule has 1 aromatic rings. The van der Waals surface area contributed by atoms with Crippen LogP contribution in [-0.4, -0.2) is 6.10 Å². The molecule has 84 valence electrons. The van der Waals surface area contributed by atoms with E-state index >= 15 is 0 Å². The highest BCUT2D eigenvalue weighted by atomic mass is 16.5. The van der Waals surface area contributed by atoms with E-state index in [1.165, 1.54) is 5.56 Å². The zero-order chi connectivity index (χ0) is 11.3. The van der Waals surface area contributed by atoms with Crippen molar-refractivity contribution < 1.29 is 4.74 Å². The predicted octanol–water partition coefficient (Wildman–Crippen LogP) is 3.22. The van der Waals surface area contributed by atoms with Crippen molar-refractivity contribution in [1.29, 1.82) is 0 Å². The second kappa shape index (κ2) is 5.76. The van der Waals surface area contributed by atoms with E-state index in [-0.39, 0.29) is 0 Å². The minimum absolute atomic E-state index is 0.322. The number of ether oxygens (including phenoxy) is 1. The number of nitrogen functional groups attached to an aromatic ring is 1. The van der Waals surface area contributed by atoms with Gasteiger partial charge in [0.15, 0.2) is 0 Å². The summed E-state index contributed by atoms with van der Waals surface area (Å²) in [6, 6.07) is 7.84. The summed E-state index contributed by atoms with van der Waals surface area (Å²) in [7, 11) is 0. The lowest BCUT2D eigenvalue weighted by atomic mass is 10.1. The number of hydrogen-bond donors (Lipinski definition) is 1. The first kappa shape index (κ1) is 12.1. The summed E-state index contributed by atoms with van der Waals surface area (Å²) in [5.74, 6) is 0.686. The molecule has 2 N–H and O–H groups in total. The largest absolute Gasteiger partial charge is 0.399 e. The first-order valence-electron chi connectivity index (χ1n) is 5.54. The molecule has 0 aliphatic carbocycles. The van der Waals surface area contributed by atoms with E-state index < -0.39 is 0 Å². The highest BCUT2D eigenvalue weighted by Gasteiger charge is 2.05. The third-order valence-corrected chi connectivity index (χ3v) is 2.32. The molecule has 15 heavy (non-hydrogen) atoms. The molecule has 0 aliphatic rings. The number of rotatable bonds is 5. The van der Waals surface area contributed by atoms with Gasteiger partial charge < -0.3 is 10.5 Å². The Morgan fingerprint density at radius 1 is 1.13 bits per heavy atom. The molecule has 0 amide bonds. The highest BCUT2D eigenvalue weighted by Crippen LogP contribution is 2.11. The average molecular weight is 207 g/mol. The molecule has 2 heteroatoms. The van der Waals surface area contributed by atoms with Crippen LogP contribution in [0.3, 0.4) is 0 Å². The van der Waals surface area contributed by atoms with E-state index in [1.54, 1.807) is 0 Å². The SMILES string of the molecule is CC(C)CC(C)OCc1ccc(N)cc1. The van der Waals surface area contributed by atoms with Crippen LogP contribution >= 0.6 is 0 Å². The Morgan fingerprint density at radius 3 is 2.27 bits per heavy atom. The molecule has 1 aromatic carbocycles. The number of nitrogens with two attached hydrogens (primary N) is 1. The van der Waals surface area contributed by atoms with Gasteiger partial charge in [-0.2, -0.15) is 0 Å². The molecule has 0 spiro atoms. The first-order valence-corrected chi connectivity index (χ1v) is 5.54. The second-order valence-electron chi connectivity index (χ2n) is 4.49. The third-order valence-electron chi connectivity index (χ3n) is 2.32. The van der Waals surface area contributed by atoms with E-state index in [2.05, 4.69) is 20.8 Å². The molecule has 1 unspecified atom stereocenters. The fraction of sp³-hybridized carbons (Fsp3) is 0.538. The molecular weight excluding hydrogens is 186 g/mol. The Balaban J connectivity index is 2.33. The molecule has 0 radical (unpaired) electrons. The minimum Gasteiger partial charge on any atom is -0.399 e.